The molecule has 2 amide bonds. The second-order valence-corrected chi connectivity index (χ2v) is 7.80. The normalized spacial score (nSPS) is 17.2. The van der Waals surface area contributed by atoms with Crippen LogP contribution in [-0.4, -0.2) is 98.3 Å². The lowest BCUT2D eigenvalue weighted by molar-refractivity contribution is -0.123. The van der Waals surface area contributed by atoms with E-state index in [9.17, 15) is 19.5 Å². The summed E-state index contributed by atoms with van der Waals surface area (Å²) in [7, 11) is 0. The highest BCUT2D eigenvalue weighted by Crippen LogP contribution is 2.35. The summed E-state index contributed by atoms with van der Waals surface area (Å²) >= 11 is 0. The van der Waals surface area contributed by atoms with E-state index in [0.29, 0.717) is 17.9 Å². The predicted octanol–water partition coefficient (Wildman–Crippen LogP) is 1.13. The molecule has 2 aliphatic heterocycles. The van der Waals surface area contributed by atoms with Crippen molar-refractivity contribution in [3.63, 3.8) is 0 Å². The van der Waals surface area contributed by atoms with Gasteiger partial charge in [-0.05, 0) is 37.7 Å². The van der Waals surface area contributed by atoms with Gasteiger partial charge in [-0.1, -0.05) is 13.8 Å². The number of anilines is 2. The number of aromatic carboxylic acids is 1. The minimum atomic E-state index is -1.06. The van der Waals surface area contributed by atoms with Crippen LogP contribution in [0, 0.1) is 0 Å². The van der Waals surface area contributed by atoms with Crippen LogP contribution < -0.4 is 9.80 Å². The second kappa shape index (κ2) is 10.7. The first-order chi connectivity index (χ1) is 14.9. The molecular formula is C22H32N4O5. The number of carboxylic acid groups (broad SMARTS) is 1. The molecule has 1 N–H and O–H groups in total. The molecule has 0 aromatic heterocycles. The average Bonchev–Trinajstić information content (AvgIpc) is 2.78. The fourth-order valence-corrected chi connectivity index (χ4v) is 4.01. The molecule has 1 aromatic carbocycles. The summed E-state index contributed by atoms with van der Waals surface area (Å²) in [6.45, 7) is 10.1. The third-order valence-corrected chi connectivity index (χ3v) is 5.91. The van der Waals surface area contributed by atoms with Crippen LogP contribution in [-0.2, 0) is 14.3 Å². The van der Waals surface area contributed by atoms with Gasteiger partial charge in [-0.15, -0.1) is 0 Å². The summed E-state index contributed by atoms with van der Waals surface area (Å²) in [4.78, 5) is 44.9. The van der Waals surface area contributed by atoms with Crippen molar-refractivity contribution < 1.29 is 24.2 Å². The number of nitrogens with zero attached hydrogens (tertiary/aromatic N) is 4. The van der Waals surface area contributed by atoms with Crippen molar-refractivity contribution in [2.75, 3.05) is 75.4 Å². The van der Waals surface area contributed by atoms with Gasteiger partial charge in [0.25, 0.3) is 0 Å². The van der Waals surface area contributed by atoms with Crippen molar-refractivity contribution in [1.82, 2.24) is 9.80 Å². The van der Waals surface area contributed by atoms with Gasteiger partial charge in [0.1, 0.15) is 6.54 Å². The molecule has 0 aliphatic carbocycles. The second-order valence-electron chi connectivity index (χ2n) is 7.80. The van der Waals surface area contributed by atoms with Gasteiger partial charge >= 0.3 is 5.97 Å². The molecule has 1 fully saturated rings. The van der Waals surface area contributed by atoms with Crippen molar-refractivity contribution >= 4 is 29.2 Å². The average molecular weight is 433 g/mol. The Morgan fingerprint density at radius 3 is 2.45 bits per heavy atom. The van der Waals surface area contributed by atoms with Crippen LogP contribution in [0.3, 0.4) is 0 Å². The van der Waals surface area contributed by atoms with Crippen molar-refractivity contribution in [2.45, 2.75) is 20.3 Å². The van der Waals surface area contributed by atoms with Crippen LogP contribution in [0.2, 0.25) is 0 Å². The van der Waals surface area contributed by atoms with E-state index >= 15 is 0 Å². The highest BCUT2D eigenvalue weighted by atomic mass is 16.5. The SMILES string of the molecule is CCN(CC)CC(=O)N1CC(=O)N(CCCN2CCOCC2)c2ccc(C(=O)O)cc21. The molecule has 0 atom stereocenters. The zero-order valence-corrected chi connectivity index (χ0v) is 18.4. The standard InChI is InChI=1S/C22H32N4O5/c1-3-23(4-2)15-20(27)26-16-21(28)25(9-5-8-24-10-12-31-13-11-24)18-7-6-17(22(29)30)14-19(18)26/h6-7,14H,3-5,8-13,15-16H2,1-2H3,(H,29,30). The van der Waals surface area contributed by atoms with Crippen molar-refractivity contribution in [3.05, 3.63) is 23.8 Å². The number of morpholine rings is 1. The maximum Gasteiger partial charge on any atom is 0.335 e. The summed E-state index contributed by atoms with van der Waals surface area (Å²) < 4.78 is 5.37. The van der Waals surface area contributed by atoms with E-state index in [1.54, 1.807) is 11.0 Å². The smallest absolute Gasteiger partial charge is 0.335 e. The van der Waals surface area contributed by atoms with Crippen molar-refractivity contribution in [2.24, 2.45) is 0 Å². The number of carboxylic acids is 1. The Hall–Kier alpha value is -2.49. The van der Waals surface area contributed by atoms with Crippen LogP contribution in [0.15, 0.2) is 18.2 Å². The lowest BCUT2D eigenvalue weighted by Gasteiger charge is -2.37. The van der Waals surface area contributed by atoms with Crippen LogP contribution in [0.25, 0.3) is 0 Å². The summed E-state index contributed by atoms with van der Waals surface area (Å²) in [5, 5.41) is 9.43. The van der Waals surface area contributed by atoms with Crippen LogP contribution in [0.5, 0.6) is 0 Å². The van der Waals surface area contributed by atoms with Crippen LogP contribution in [0.1, 0.15) is 30.6 Å². The fourth-order valence-electron chi connectivity index (χ4n) is 4.01. The number of hydrogen-bond acceptors (Lipinski definition) is 6. The first-order valence-corrected chi connectivity index (χ1v) is 10.9. The van der Waals surface area contributed by atoms with Crippen molar-refractivity contribution in [1.29, 1.82) is 0 Å². The number of likely N-dealkylation sites (N-methyl/N-ethyl adjacent to an activating group) is 1. The summed E-state index contributed by atoms with van der Waals surface area (Å²) in [5.41, 5.74) is 1.18. The summed E-state index contributed by atoms with van der Waals surface area (Å²) in [6, 6.07) is 4.63. The Morgan fingerprint density at radius 1 is 1.10 bits per heavy atom. The van der Waals surface area contributed by atoms with Gasteiger partial charge in [0, 0.05) is 26.2 Å². The molecule has 0 saturated carbocycles. The Labute approximate surface area is 183 Å². The minimum absolute atomic E-state index is 0.0757. The van der Waals surface area contributed by atoms with E-state index in [2.05, 4.69) is 4.90 Å². The zero-order valence-electron chi connectivity index (χ0n) is 18.4. The number of carbonyl (C=O) groups excluding carboxylic acids is 2. The third kappa shape index (κ3) is 5.61. The molecule has 3 rings (SSSR count). The lowest BCUT2D eigenvalue weighted by Crippen LogP contribution is -2.51. The molecule has 31 heavy (non-hydrogen) atoms. The number of amides is 2. The Bertz CT molecular complexity index is 805. The largest absolute Gasteiger partial charge is 0.478 e. The van der Waals surface area contributed by atoms with E-state index in [1.165, 1.54) is 17.0 Å². The van der Waals surface area contributed by atoms with Gasteiger partial charge in [-0.25, -0.2) is 4.79 Å². The van der Waals surface area contributed by atoms with Gasteiger partial charge in [-0.2, -0.15) is 0 Å². The molecule has 2 heterocycles. The van der Waals surface area contributed by atoms with Crippen LogP contribution in [0.4, 0.5) is 11.4 Å². The van der Waals surface area contributed by atoms with E-state index in [0.717, 1.165) is 52.4 Å². The number of rotatable bonds is 9. The van der Waals surface area contributed by atoms with Gasteiger partial charge in [0.05, 0.1) is 36.7 Å². The van der Waals surface area contributed by atoms with Gasteiger partial charge in [0.15, 0.2) is 0 Å². The van der Waals surface area contributed by atoms with E-state index in [4.69, 9.17) is 4.74 Å². The highest BCUT2D eigenvalue weighted by molar-refractivity contribution is 6.12. The third-order valence-electron chi connectivity index (χ3n) is 5.91. The molecule has 1 aromatic rings. The molecule has 1 saturated heterocycles. The molecule has 0 unspecified atom stereocenters. The molecule has 0 spiro atoms. The quantitative estimate of drug-likeness (QED) is 0.625. The number of benzene rings is 1. The first kappa shape index (κ1) is 23.2. The Kier molecular flexibility index (Phi) is 8.00. The van der Waals surface area contributed by atoms with Crippen LogP contribution >= 0.6 is 0 Å². The van der Waals surface area contributed by atoms with E-state index in [-0.39, 0.29) is 30.5 Å². The number of fused-ring (bicyclic) bond motifs is 1. The van der Waals surface area contributed by atoms with Gasteiger partial charge < -0.3 is 14.7 Å². The predicted molar refractivity (Wildman–Crippen MR) is 118 cm³/mol. The zero-order chi connectivity index (χ0) is 22.4. The van der Waals surface area contributed by atoms with E-state index in [1.807, 2.05) is 18.7 Å². The summed E-state index contributed by atoms with van der Waals surface area (Å²) in [5.74, 6) is -1.41. The number of ether oxygens (including phenoxy) is 1. The summed E-state index contributed by atoms with van der Waals surface area (Å²) in [6.07, 6.45) is 0.791. The van der Waals surface area contributed by atoms with Gasteiger partial charge in [0.2, 0.25) is 11.8 Å². The molecule has 2 aliphatic rings. The topological polar surface area (TPSA) is 93.6 Å². The highest BCUT2D eigenvalue weighted by Gasteiger charge is 2.33. The molecule has 9 nitrogen and oxygen atoms in total. The first-order valence-electron chi connectivity index (χ1n) is 10.9. The Balaban J connectivity index is 1.80. The molecule has 9 heteroatoms. The maximum atomic E-state index is 13.0. The number of hydrogen-bond donors (Lipinski definition) is 1. The molecular weight excluding hydrogens is 400 g/mol. The maximum absolute atomic E-state index is 13.0. The minimum Gasteiger partial charge on any atom is -0.478 e. The molecule has 0 radical (unpaired) electrons. The number of carbonyl (C=O) groups is 3. The lowest BCUT2D eigenvalue weighted by atomic mass is 10.1. The van der Waals surface area contributed by atoms with Gasteiger partial charge in [-0.3, -0.25) is 24.3 Å². The molecule has 170 valence electrons. The fraction of sp³-hybridized carbons (Fsp3) is 0.591. The van der Waals surface area contributed by atoms with E-state index < -0.39 is 5.97 Å². The van der Waals surface area contributed by atoms with Crippen molar-refractivity contribution in [3.8, 4) is 0 Å². The monoisotopic (exact) mass is 432 g/mol. The Morgan fingerprint density at radius 2 is 1.81 bits per heavy atom. The molecule has 0 bridgehead atoms.